The second-order valence-corrected chi connectivity index (χ2v) is 9.06. The van der Waals surface area contributed by atoms with E-state index in [4.69, 9.17) is 5.73 Å². The Balaban J connectivity index is 2.35. The van der Waals surface area contributed by atoms with Crippen LogP contribution in [0.1, 0.15) is 59.7 Å². The first-order valence-corrected chi connectivity index (χ1v) is 10.2. The van der Waals surface area contributed by atoms with Crippen LogP contribution >= 0.6 is 0 Å². The van der Waals surface area contributed by atoms with E-state index in [2.05, 4.69) is 10.6 Å². The minimum absolute atomic E-state index is 0.220. The van der Waals surface area contributed by atoms with Gasteiger partial charge in [0.15, 0.2) is 6.10 Å². The highest BCUT2D eigenvalue weighted by Gasteiger charge is 2.35. The van der Waals surface area contributed by atoms with E-state index in [9.17, 15) is 23.9 Å². The number of rotatable bonds is 6. The highest BCUT2D eigenvalue weighted by molar-refractivity contribution is 6.06. The summed E-state index contributed by atoms with van der Waals surface area (Å²) in [6.45, 7) is 10.1. The number of carbonyl (C=O) groups excluding carboxylic acids is 3. The lowest BCUT2D eigenvalue weighted by atomic mass is 9.86. The third kappa shape index (κ3) is 4.99. The van der Waals surface area contributed by atoms with Crippen LogP contribution in [0.25, 0.3) is 0 Å². The Bertz CT molecular complexity index is 1070. The summed E-state index contributed by atoms with van der Waals surface area (Å²) in [5.41, 5.74) is 7.02. The van der Waals surface area contributed by atoms with E-state index < -0.39 is 35.3 Å². The number of halogens is 1. The smallest absolute Gasteiger partial charge is 0.257 e. The van der Waals surface area contributed by atoms with Crippen LogP contribution in [0.4, 0.5) is 10.1 Å². The lowest BCUT2D eigenvalue weighted by Crippen LogP contribution is -2.53. The Morgan fingerprint density at radius 2 is 1.75 bits per heavy atom. The fourth-order valence-corrected chi connectivity index (χ4v) is 3.70. The van der Waals surface area contributed by atoms with Crippen LogP contribution in [-0.2, 0) is 16.6 Å². The molecule has 1 aromatic heterocycles. The molecule has 3 amide bonds. The third-order valence-electron chi connectivity index (χ3n) is 5.57. The van der Waals surface area contributed by atoms with Crippen LogP contribution < -0.4 is 16.4 Å². The van der Waals surface area contributed by atoms with E-state index >= 15 is 0 Å². The minimum Gasteiger partial charge on any atom is -0.377 e. The fraction of sp³-hybridized carbons (Fsp3) is 0.435. The number of hydrogen-bond acceptors (Lipinski definition) is 4. The summed E-state index contributed by atoms with van der Waals surface area (Å²) in [6.07, 6.45) is -1.63. The summed E-state index contributed by atoms with van der Waals surface area (Å²) in [5.74, 6) is -2.35. The number of nitrogens with zero attached hydrogens (tertiary/aromatic N) is 1. The van der Waals surface area contributed by atoms with Gasteiger partial charge in [-0.2, -0.15) is 0 Å². The largest absolute Gasteiger partial charge is 0.377 e. The first-order chi connectivity index (χ1) is 14.7. The first kappa shape index (κ1) is 25.1. The Morgan fingerprint density at radius 3 is 2.25 bits per heavy atom. The molecule has 2 rings (SSSR count). The van der Waals surface area contributed by atoms with Gasteiger partial charge in [0.25, 0.3) is 11.8 Å². The molecule has 0 saturated carbocycles. The number of nitrogens with two attached hydrogens (primary N) is 1. The van der Waals surface area contributed by atoms with E-state index in [1.54, 1.807) is 53.2 Å². The van der Waals surface area contributed by atoms with Crippen LogP contribution in [0, 0.1) is 32.0 Å². The predicted octanol–water partition coefficient (Wildman–Crippen LogP) is 2.39. The van der Waals surface area contributed by atoms with Gasteiger partial charge in [-0.15, -0.1) is 0 Å². The molecule has 5 N–H and O–H groups in total. The number of nitrogens with one attached hydrogen (secondary N) is 2. The summed E-state index contributed by atoms with van der Waals surface area (Å²) < 4.78 is 15.1. The van der Waals surface area contributed by atoms with Gasteiger partial charge in [0.1, 0.15) is 11.9 Å². The predicted molar refractivity (Wildman–Crippen MR) is 120 cm³/mol. The Labute approximate surface area is 187 Å². The average Bonchev–Trinajstić information content (AvgIpc) is 2.89. The number of carbonyl (C=O) groups is 3. The van der Waals surface area contributed by atoms with E-state index in [0.29, 0.717) is 28.1 Å². The highest BCUT2D eigenvalue weighted by atomic mass is 19.1. The van der Waals surface area contributed by atoms with Gasteiger partial charge < -0.3 is 26.0 Å². The van der Waals surface area contributed by atoms with Crippen molar-refractivity contribution in [1.29, 1.82) is 0 Å². The van der Waals surface area contributed by atoms with Crippen molar-refractivity contribution in [2.45, 2.75) is 53.7 Å². The molecule has 0 spiro atoms. The van der Waals surface area contributed by atoms with Crippen molar-refractivity contribution in [2.75, 3.05) is 5.32 Å². The summed E-state index contributed by atoms with van der Waals surface area (Å²) in [5, 5.41) is 16.0. The number of aryl methyl sites for hydroxylation is 1. The summed E-state index contributed by atoms with van der Waals surface area (Å²) in [4.78, 5) is 37.5. The lowest BCUT2D eigenvalue weighted by Gasteiger charge is -2.29. The molecule has 8 nitrogen and oxygen atoms in total. The number of primary amides is 1. The Hall–Kier alpha value is -3.20. The number of amides is 3. The molecular weight excluding hydrogens is 415 g/mol. The molecule has 9 heteroatoms. The lowest BCUT2D eigenvalue weighted by molar-refractivity contribution is -0.135. The van der Waals surface area contributed by atoms with Crippen LogP contribution in [0.3, 0.4) is 0 Å². The maximum Gasteiger partial charge on any atom is 0.257 e. The molecule has 32 heavy (non-hydrogen) atoms. The second-order valence-electron chi connectivity index (χ2n) is 9.06. The topological polar surface area (TPSA) is 126 Å². The van der Waals surface area contributed by atoms with Crippen molar-refractivity contribution in [3.05, 3.63) is 52.1 Å². The van der Waals surface area contributed by atoms with Crippen molar-refractivity contribution in [2.24, 2.45) is 18.2 Å². The van der Waals surface area contributed by atoms with Crippen LogP contribution in [0.5, 0.6) is 0 Å². The number of benzene rings is 1. The Morgan fingerprint density at radius 1 is 1.16 bits per heavy atom. The molecule has 1 heterocycles. The SMILES string of the molecule is Cc1cc(NC(=O)c2c(C)c(C(O)C(=O)N[C@H](C(N)=O)C(C)(C)C)n(C)c2C)ccc1F. The van der Waals surface area contributed by atoms with Crippen LogP contribution in [0.2, 0.25) is 0 Å². The van der Waals surface area contributed by atoms with E-state index in [-0.39, 0.29) is 11.5 Å². The monoisotopic (exact) mass is 446 g/mol. The van der Waals surface area contributed by atoms with Gasteiger partial charge in [0.2, 0.25) is 5.91 Å². The molecule has 174 valence electrons. The zero-order valence-electron chi connectivity index (χ0n) is 19.5. The van der Waals surface area contributed by atoms with Crippen molar-refractivity contribution in [3.63, 3.8) is 0 Å². The molecule has 0 aliphatic carbocycles. The van der Waals surface area contributed by atoms with Crippen LogP contribution in [0.15, 0.2) is 18.2 Å². The zero-order valence-corrected chi connectivity index (χ0v) is 19.5. The molecule has 2 atom stereocenters. The van der Waals surface area contributed by atoms with Crippen molar-refractivity contribution >= 4 is 23.4 Å². The highest BCUT2D eigenvalue weighted by Crippen LogP contribution is 2.28. The third-order valence-corrected chi connectivity index (χ3v) is 5.57. The summed E-state index contributed by atoms with van der Waals surface area (Å²) >= 11 is 0. The second kappa shape index (κ2) is 9.12. The normalized spacial score (nSPS) is 13.4. The molecule has 1 unspecified atom stereocenters. The molecule has 2 aromatic rings. The van der Waals surface area contributed by atoms with E-state index in [1.807, 2.05) is 0 Å². The standard InChI is InChI=1S/C23H31FN4O4/c1-11-10-14(8-9-15(11)24)26-21(31)16-12(2)17(28(7)13(16)3)18(29)22(32)27-19(20(25)30)23(4,5)6/h8-10,18-19,29H,1-7H3,(H2,25,30)(H,26,31)(H,27,32)/t18?,19-/m1/s1. The van der Waals surface area contributed by atoms with Crippen molar-refractivity contribution in [1.82, 2.24) is 9.88 Å². The number of hydrogen-bond donors (Lipinski definition) is 4. The minimum atomic E-state index is -1.63. The number of aromatic nitrogens is 1. The summed E-state index contributed by atoms with van der Waals surface area (Å²) in [6, 6.07) is 3.24. The molecule has 0 saturated heterocycles. The fourth-order valence-electron chi connectivity index (χ4n) is 3.70. The van der Waals surface area contributed by atoms with Crippen LogP contribution in [-0.4, -0.2) is 33.4 Å². The maximum atomic E-state index is 13.5. The average molecular weight is 447 g/mol. The van der Waals surface area contributed by atoms with Gasteiger partial charge in [0.05, 0.1) is 11.3 Å². The molecule has 1 aromatic carbocycles. The Kier molecular flexibility index (Phi) is 7.14. The molecule has 0 radical (unpaired) electrons. The number of anilines is 1. The van der Waals surface area contributed by atoms with Gasteiger partial charge in [-0.25, -0.2) is 4.39 Å². The molecule has 0 bridgehead atoms. The zero-order chi connectivity index (χ0) is 24.5. The van der Waals surface area contributed by atoms with Gasteiger partial charge in [-0.05, 0) is 55.5 Å². The van der Waals surface area contributed by atoms with E-state index in [0.717, 1.165) is 0 Å². The van der Waals surface area contributed by atoms with E-state index in [1.165, 1.54) is 18.2 Å². The number of aliphatic hydroxyl groups is 1. The summed E-state index contributed by atoms with van der Waals surface area (Å²) in [7, 11) is 1.63. The molecule has 0 fully saturated rings. The maximum absolute atomic E-state index is 13.5. The molecular formula is C23H31FN4O4. The van der Waals surface area contributed by atoms with Gasteiger partial charge in [0, 0.05) is 18.4 Å². The molecule has 0 aliphatic heterocycles. The van der Waals surface area contributed by atoms with Gasteiger partial charge >= 0.3 is 0 Å². The quantitative estimate of drug-likeness (QED) is 0.543. The molecule has 0 aliphatic rings. The number of aliphatic hydroxyl groups excluding tert-OH is 1. The van der Waals surface area contributed by atoms with Gasteiger partial charge in [-0.3, -0.25) is 14.4 Å². The van der Waals surface area contributed by atoms with Crippen molar-refractivity contribution < 1.29 is 23.9 Å². The van der Waals surface area contributed by atoms with Crippen molar-refractivity contribution in [3.8, 4) is 0 Å². The van der Waals surface area contributed by atoms with Gasteiger partial charge in [-0.1, -0.05) is 20.8 Å². The first-order valence-electron chi connectivity index (χ1n) is 10.2.